The van der Waals surface area contributed by atoms with Gasteiger partial charge < -0.3 is 14.5 Å². The van der Waals surface area contributed by atoms with Crippen LogP contribution >= 0.6 is 0 Å². The van der Waals surface area contributed by atoms with Crippen LogP contribution in [-0.2, 0) is 17.8 Å². The summed E-state index contributed by atoms with van der Waals surface area (Å²) in [6, 6.07) is 14.8. The van der Waals surface area contributed by atoms with Crippen molar-refractivity contribution < 1.29 is 13.9 Å². The number of carbonyl (C=O) groups is 1. The van der Waals surface area contributed by atoms with Crippen LogP contribution in [0.1, 0.15) is 17.5 Å². The minimum atomic E-state index is -0.397. The summed E-state index contributed by atoms with van der Waals surface area (Å²) in [4.78, 5) is 16.7. The molecule has 0 saturated carbocycles. The Kier molecular flexibility index (Phi) is 7.60. The third-order valence-corrected chi connectivity index (χ3v) is 4.23. The average Bonchev–Trinajstić information content (AvgIpc) is 2.64. The second kappa shape index (κ2) is 9.92. The topological polar surface area (TPSA) is 32.8 Å². The van der Waals surface area contributed by atoms with Crippen LogP contribution in [0.15, 0.2) is 48.5 Å². The van der Waals surface area contributed by atoms with Crippen molar-refractivity contribution in [3.05, 3.63) is 65.5 Å². The number of benzene rings is 2. The molecular formula is C21H27FN2O2. The van der Waals surface area contributed by atoms with Gasteiger partial charge >= 0.3 is 0 Å². The number of carbonyl (C=O) groups excluding carboxylic acids is 1. The van der Waals surface area contributed by atoms with Gasteiger partial charge in [0, 0.05) is 26.1 Å². The van der Waals surface area contributed by atoms with Crippen LogP contribution in [0.5, 0.6) is 5.75 Å². The van der Waals surface area contributed by atoms with Gasteiger partial charge in [0.2, 0.25) is 5.91 Å². The molecule has 2 aromatic carbocycles. The number of amides is 1. The van der Waals surface area contributed by atoms with E-state index in [0.29, 0.717) is 25.9 Å². The lowest BCUT2D eigenvalue weighted by molar-refractivity contribution is -0.131. The largest absolute Gasteiger partial charge is 0.494 e. The molecule has 0 bridgehead atoms. The average molecular weight is 358 g/mol. The van der Waals surface area contributed by atoms with Crippen molar-refractivity contribution in [2.45, 2.75) is 19.4 Å². The Balaban J connectivity index is 1.99. The van der Waals surface area contributed by atoms with Gasteiger partial charge in [-0.2, -0.15) is 0 Å². The number of methoxy groups -OCH3 is 1. The fourth-order valence-corrected chi connectivity index (χ4v) is 2.69. The maximum absolute atomic E-state index is 13.8. The van der Waals surface area contributed by atoms with E-state index in [1.54, 1.807) is 12.1 Å². The van der Waals surface area contributed by atoms with Crippen LogP contribution < -0.4 is 4.74 Å². The van der Waals surface area contributed by atoms with Gasteiger partial charge in [-0.15, -0.1) is 0 Å². The van der Waals surface area contributed by atoms with Crippen LogP contribution in [0.4, 0.5) is 4.39 Å². The molecule has 2 rings (SSSR count). The molecule has 0 heterocycles. The van der Waals surface area contributed by atoms with E-state index in [2.05, 4.69) is 4.90 Å². The molecule has 0 radical (unpaired) electrons. The lowest BCUT2D eigenvalue weighted by atomic mass is 10.1. The second-order valence-electron chi connectivity index (χ2n) is 6.57. The van der Waals surface area contributed by atoms with Crippen molar-refractivity contribution >= 4 is 5.91 Å². The molecule has 0 spiro atoms. The predicted molar refractivity (Wildman–Crippen MR) is 102 cm³/mol. The minimum absolute atomic E-state index is 0.0759. The van der Waals surface area contributed by atoms with E-state index < -0.39 is 5.82 Å². The summed E-state index contributed by atoms with van der Waals surface area (Å²) in [6.45, 7) is 2.05. The Labute approximate surface area is 155 Å². The zero-order valence-electron chi connectivity index (χ0n) is 15.7. The Morgan fingerprint density at radius 2 is 1.77 bits per heavy atom. The first-order chi connectivity index (χ1) is 12.5. The molecule has 26 heavy (non-hydrogen) atoms. The fourth-order valence-electron chi connectivity index (χ4n) is 2.69. The number of hydrogen-bond donors (Lipinski definition) is 0. The summed E-state index contributed by atoms with van der Waals surface area (Å²) >= 11 is 0. The molecule has 0 aromatic heterocycles. The number of nitrogens with zero attached hydrogens (tertiary/aromatic N) is 2. The zero-order valence-corrected chi connectivity index (χ0v) is 15.7. The van der Waals surface area contributed by atoms with Crippen LogP contribution in [0, 0.1) is 5.82 Å². The van der Waals surface area contributed by atoms with Crippen molar-refractivity contribution in [2.24, 2.45) is 0 Å². The highest BCUT2D eigenvalue weighted by atomic mass is 19.1. The molecule has 4 nitrogen and oxygen atoms in total. The summed E-state index contributed by atoms with van der Waals surface area (Å²) in [5, 5.41) is 0. The van der Waals surface area contributed by atoms with Crippen LogP contribution in [0.3, 0.4) is 0 Å². The van der Waals surface area contributed by atoms with E-state index in [1.807, 2.05) is 49.3 Å². The molecule has 0 saturated heterocycles. The van der Waals surface area contributed by atoms with Gasteiger partial charge in [-0.25, -0.2) is 4.39 Å². The van der Waals surface area contributed by atoms with Crippen molar-refractivity contribution in [2.75, 3.05) is 34.3 Å². The molecule has 0 fully saturated rings. The number of aryl methyl sites for hydroxylation is 1. The van der Waals surface area contributed by atoms with Gasteiger partial charge in [-0.3, -0.25) is 4.79 Å². The van der Waals surface area contributed by atoms with Gasteiger partial charge in [-0.05, 0) is 43.8 Å². The first-order valence-electron chi connectivity index (χ1n) is 8.78. The van der Waals surface area contributed by atoms with Crippen molar-refractivity contribution in [1.29, 1.82) is 0 Å². The fraction of sp³-hybridized carbons (Fsp3) is 0.381. The number of rotatable bonds is 9. The summed E-state index contributed by atoms with van der Waals surface area (Å²) < 4.78 is 18.7. The SMILES string of the molecule is COc1ccc(CCC(=O)N(CCN(C)C)Cc2ccccc2)cc1F. The maximum Gasteiger partial charge on any atom is 0.223 e. The molecule has 5 heteroatoms. The molecule has 0 unspecified atom stereocenters. The minimum Gasteiger partial charge on any atom is -0.494 e. The van der Waals surface area contributed by atoms with E-state index in [1.165, 1.54) is 13.2 Å². The number of halogens is 1. The van der Waals surface area contributed by atoms with Crippen molar-refractivity contribution in [3.63, 3.8) is 0 Å². The lowest BCUT2D eigenvalue weighted by Gasteiger charge is -2.25. The van der Waals surface area contributed by atoms with E-state index in [0.717, 1.165) is 17.7 Å². The summed E-state index contributed by atoms with van der Waals surface area (Å²) in [5.74, 6) is -0.102. The highest BCUT2D eigenvalue weighted by molar-refractivity contribution is 5.76. The molecule has 0 aliphatic heterocycles. The Bertz CT molecular complexity index is 704. The standard InChI is InChI=1S/C21H27FN2O2/c1-23(2)13-14-24(16-18-7-5-4-6-8-18)21(25)12-10-17-9-11-20(26-3)19(22)15-17/h4-9,11,15H,10,12-14,16H2,1-3H3. The number of likely N-dealkylation sites (N-methyl/N-ethyl adjacent to an activating group) is 1. The maximum atomic E-state index is 13.8. The monoisotopic (exact) mass is 358 g/mol. The molecule has 0 aliphatic rings. The van der Waals surface area contributed by atoms with Crippen LogP contribution in [0.2, 0.25) is 0 Å². The third kappa shape index (κ3) is 6.15. The summed E-state index contributed by atoms with van der Waals surface area (Å²) in [6.07, 6.45) is 0.860. The van der Waals surface area contributed by atoms with Crippen molar-refractivity contribution in [3.8, 4) is 5.75 Å². The highest BCUT2D eigenvalue weighted by Crippen LogP contribution is 2.19. The van der Waals surface area contributed by atoms with Crippen LogP contribution in [-0.4, -0.2) is 50.0 Å². The van der Waals surface area contributed by atoms with Crippen molar-refractivity contribution in [1.82, 2.24) is 9.80 Å². The van der Waals surface area contributed by atoms with Gasteiger partial charge in [0.15, 0.2) is 11.6 Å². The lowest BCUT2D eigenvalue weighted by Crippen LogP contribution is -2.36. The Morgan fingerprint density at radius 3 is 2.38 bits per heavy atom. The molecule has 2 aromatic rings. The van der Waals surface area contributed by atoms with E-state index >= 15 is 0 Å². The quantitative estimate of drug-likeness (QED) is 0.689. The number of hydrogen-bond acceptors (Lipinski definition) is 3. The molecule has 1 amide bonds. The zero-order chi connectivity index (χ0) is 18.9. The summed E-state index contributed by atoms with van der Waals surface area (Å²) in [7, 11) is 5.42. The normalized spacial score (nSPS) is 10.8. The number of ether oxygens (including phenoxy) is 1. The van der Waals surface area contributed by atoms with Gasteiger partial charge in [0.1, 0.15) is 0 Å². The van der Waals surface area contributed by atoms with Gasteiger partial charge in [-0.1, -0.05) is 36.4 Å². The Morgan fingerprint density at radius 1 is 1.04 bits per heavy atom. The van der Waals surface area contributed by atoms with E-state index in [4.69, 9.17) is 4.74 Å². The first-order valence-corrected chi connectivity index (χ1v) is 8.78. The predicted octanol–water partition coefficient (Wildman–Crippen LogP) is 3.36. The van der Waals surface area contributed by atoms with E-state index in [9.17, 15) is 9.18 Å². The Hall–Kier alpha value is -2.40. The molecule has 140 valence electrons. The van der Waals surface area contributed by atoms with E-state index in [-0.39, 0.29) is 11.7 Å². The van der Waals surface area contributed by atoms with Gasteiger partial charge in [0.25, 0.3) is 0 Å². The highest BCUT2D eigenvalue weighted by Gasteiger charge is 2.15. The summed E-state index contributed by atoms with van der Waals surface area (Å²) in [5.41, 5.74) is 1.90. The molecule has 0 N–H and O–H groups in total. The molecule has 0 atom stereocenters. The first kappa shape index (κ1) is 19.9. The molecule has 0 aliphatic carbocycles. The smallest absolute Gasteiger partial charge is 0.223 e. The third-order valence-electron chi connectivity index (χ3n) is 4.23. The second-order valence-corrected chi connectivity index (χ2v) is 6.57. The van der Waals surface area contributed by atoms with Crippen LogP contribution in [0.25, 0.3) is 0 Å². The van der Waals surface area contributed by atoms with Gasteiger partial charge in [0.05, 0.1) is 7.11 Å². The molecular weight excluding hydrogens is 331 g/mol.